The molecule has 1 aromatic rings. The maximum Gasteiger partial charge on any atom is 0.129 e. The fourth-order valence-electron chi connectivity index (χ4n) is 2.56. The monoisotopic (exact) mass is 256 g/mol. The van der Waals surface area contributed by atoms with Gasteiger partial charge in [-0.15, -0.1) is 0 Å². The molecule has 0 radical (unpaired) electrons. The normalized spacial score (nSPS) is 26.0. The van der Waals surface area contributed by atoms with Crippen molar-refractivity contribution in [1.29, 1.82) is 0 Å². The Morgan fingerprint density at radius 3 is 2.67 bits per heavy atom. The highest BCUT2D eigenvalue weighted by atomic mass is 19.1. The van der Waals surface area contributed by atoms with Crippen LogP contribution in [0.15, 0.2) is 18.2 Å². The van der Waals surface area contributed by atoms with Gasteiger partial charge >= 0.3 is 0 Å². The minimum atomic E-state index is -0.727. The molecule has 1 aliphatic heterocycles. The molecule has 2 nitrogen and oxygen atoms in total. The second kappa shape index (κ2) is 5.76. The molecule has 0 saturated carbocycles. The van der Waals surface area contributed by atoms with E-state index in [0.717, 1.165) is 6.42 Å². The van der Waals surface area contributed by atoms with E-state index in [2.05, 4.69) is 0 Å². The molecule has 1 aliphatic rings. The van der Waals surface area contributed by atoms with Crippen LogP contribution in [0.5, 0.6) is 0 Å². The quantitative estimate of drug-likeness (QED) is 0.900. The zero-order valence-corrected chi connectivity index (χ0v) is 10.4. The molecule has 1 heterocycles. The fraction of sp³-hybridized carbons (Fsp3) is 0.571. The summed E-state index contributed by atoms with van der Waals surface area (Å²) in [6, 6.07) is 3.77. The number of hydrogen-bond acceptors (Lipinski definition) is 2. The molecule has 1 saturated heterocycles. The molecule has 0 aliphatic carbocycles. The topological polar surface area (TPSA) is 29.5 Å². The third kappa shape index (κ3) is 2.87. The molecule has 18 heavy (non-hydrogen) atoms. The fourth-order valence-corrected chi connectivity index (χ4v) is 2.56. The summed E-state index contributed by atoms with van der Waals surface area (Å²) in [5.74, 6) is -0.927. The molecule has 0 aromatic heterocycles. The highest BCUT2D eigenvalue weighted by molar-refractivity contribution is 5.20. The third-order valence-corrected chi connectivity index (χ3v) is 3.68. The number of benzene rings is 1. The van der Waals surface area contributed by atoms with Crippen LogP contribution >= 0.6 is 0 Å². The lowest BCUT2D eigenvalue weighted by Gasteiger charge is -2.32. The SMILES string of the molecule is CC1COCCC1C(O)Cc1c(F)cccc1F. The van der Waals surface area contributed by atoms with Gasteiger partial charge in [-0.1, -0.05) is 13.0 Å². The highest BCUT2D eigenvalue weighted by Gasteiger charge is 2.29. The Labute approximate surface area is 106 Å². The Morgan fingerprint density at radius 1 is 1.39 bits per heavy atom. The predicted molar refractivity (Wildman–Crippen MR) is 64.2 cm³/mol. The standard InChI is InChI=1S/C14H18F2O2/c1-9-8-18-6-5-10(9)14(17)7-11-12(15)3-2-4-13(11)16/h2-4,9-10,14,17H,5-8H2,1H3. The van der Waals surface area contributed by atoms with Crippen LogP contribution in [0.25, 0.3) is 0 Å². The van der Waals surface area contributed by atoms with Crippen LogP contribution in [0.1, 0.15) is 18.9 Å². The number of aliphatic hydroxyl groups is 1. The van der Waals surface area contributed by atoms with E-state index in [-0.39, 0.29) is 23.8 Å². The molecule has 0 bridgehead atoms. The van der Waals surface area contributed by atoms with Crippen molar-refractivity contribution in [3.8, 4) is 0 Å². The summed E-state index contributed by atoms with van der Waals surface area (Å²) < 4.78 is 32.3. The van der Waals surface area contributed by atoms with Crippen molar-refractivity contribution in [2.24, 2.45) is 11.8 Å². The summed E-state index contributed by atoms with van der Waals surface area (Å²) in [6.07, 6.45) is 0.0293. The van der Waals surface area contributed by atoms with Crippen molar-refractivity contribution in [3.63, 3.8) is 0 Å². The molecule has 1 fully saturated rings. The Hall–Kier alpha value is -1.00. The van der Waals surface area contributed by atoms with Crippen LogP contribution in [0.2, 0.25) is 0 Å². The smallest absolute Gasteiger partial charge is 0.129 e. The van der Waals surface area contributed by atoms with Gasteiger partial charge in [-0.05, 0) is 30.4 Å². The molecular weight excluding hydrogens is 238 g/mol. The van der Waals surface area contributed by atoms with Gasteiger partial charge in [0.05, 0.1) is 6.10 Å². The zero-order chi connectivity index (χ0) is 13.1. The van der Waals surface area contributed by atoms with Crippen molar-refractivity contribution >= 4 is 0 Å². The average molecular weight is 256 g/mol. The first-order valence-electron chi connectivity index (χ1n) is 6.28. The van der Waals surface area contributed by atoms with Gasteiger partial charge in [0.25, 0.3) is 0 Å². The second-order valence-electron chi connectivity index (χ2n) is 4.98. The summed E-state index contributed by atoms with van der Waals surface area (Å²) in [6.45, 7) is 3.19. The largest absolute Gasteiger partial charge is 0.392 e. The van der Waals surface area contributed by atoms with Crippen molar-refractivity contribution in [1.82, 2.24) is 0 Å². The Balaban J connectivity index is 2.08. The minimum Gasteiger partial charge on any atom is -0.392 e. The van der Waals surface area contributed by atoms with Crippen molar-refractivity contribution in [2.75, 3.05) is 13.2 Å². The summed E-state index contributed by atoms with van der Waals surface area (Å²) in [5, 5.41) is 10.2. The summed E-state index contributed by atoms with van der Waals surface area (Å²) in [4.78, 5) is 0. The highest BCUT2D eigenvalue weighted by Crippen LogP contribution is 2.27. The molecular formula is C14H18F2O2. The van der Waals surface area contributed by atoms with Crippen molar-refractivity contribution < 1.29 is 18.6 Å². The first-order chi connectivity index (χ1) is 8.59. The van der Waals surface area contributed by atoms with Gasteiger partial charge in [-0.3, -0.25) is 0 Å². The Morgan fingerprint density at radius 2 is 2.06 bits per heavy atom. The molecule has 0 spiro atoms. The molecule has 1 N–H and O–H groups in total. The lowest BCUT2D eigenvalue weighted by Crippen LogP contribution is -2.35. The zero-order valence-electron chi connectivity index (χ0n) is 10.4. The van der Waals surface area contributed by atoms with Crippen molar-refractivity contribution in [3.05, 3.63) is 35.4 Å². The summed E-state index contributed by atoms with van der Waals surface area (Å²) in [5.41, 5.74) is -0.0244. The molecule has 1 aromatic carbocycles. The average Bonchev–Trinajstić information content (AvgIpc) is 2.34. The second-order valence-corrected chi connectivity index (χ2v) is 4.98. The third-order valence-electron chi connectivity index (χ3n) is 3.68. The lowest BCUT2D eigenvalue weighted by molar-refractivity contribution is -0.0298. The van der Waals surface area contributed by atoms with Gasteiger partial charge in [-0.2, -0.15) is 0 Å². The van der Waals surface area contributed by atoms with Crippen LogP contribution < -0.4 is 0 Å². The Kier molecular flexibility index (Phi) is 4.30. The predicted octanol–water partition coefficient (Wildman–Crippen LogP) is 2.54. The molecule has 3 atom stereocenters. The van der Waals surface area contributed by atoms with E-state index < -0.39 is 17.7 Å². The lowest BCUT2D eigenvalue weighted by atomic mass is 9.83. The first kappa shape index (κ1) is 13.4. The number of rotatable bonds is 3. The van der Waals surface area contributed by atoms with E-state index in [1.807, 2.05) is 6.92 Å². The van der Waals surface area contributed by atoms with Gasteiger partial charge < -0.3 is 9.84 Å². The minimum absolute atomic E-state index is 0.0213. The van der Waals surface area contributed by atoms with Gasteiger partial charge in [0.15, 0.2) is 0 Å². The molecule has 4 heteroatoms. The van der Waals surface area contributed by atoms with Crippen LogP contribution in [0.3, 0.4) is 0 Å². The number of hydrogen-bond donors (Lipinski definition) is 1. The van der Waals surface area contributed by atoms with Crippen LogP contribution in [-0.2, 0) is 11.2 Å². The van der Waals surface area contributed by atoms with Crippen LogP contribution in [-0.4, -0.2) is 24.4 Å². The van der Waals surface area contributed by atoms with Crippen LogP contribution in [0, 0.1) is 23.5 Å². The van der Waals surface area contributed by atoms with E-state index in [0.29, 0.717) is 13.2 Å². The molecule has 100 valence electrons. The van der Waals surface area contributed by atoms with Crippen LogP contribution in [0.4, 0.5) is 8.78 Å². The summed E-state index contributed by atoms with van der Waals surface area (Å²) in [7, 11) is 0. The van der Waals surface area contributed by atoms with Gasteiger partial charge in [0, 0.05) is 25.2 Å². The van der Waals surface area contributed by atoms with Gasteiger partial charge in [-0.25, -0.2) is 8.78 Å². The summed E-state index contributed by atoms with van der Waals surface area (Å²) >= 11 is 0. The number of aliphatic hydroxyl groups excluding tert-OH is 1. The first-order valence-corrected chi connectivity index (χ1v) is 6.28. The van der Waals surface area contributed by atoms with Crippen molar-refractivity contribution in [2.45, 2.75) is 25.9 Å². The van der Waals surface area contributed by atoms with E-state index in [1.54, 1.807) is 0 Å². The van der Waals surface area contributed by atoms with E-state index in [1.165, 1.54) is 18.2 Å². The maximum atomic E-state index is 13.5. The van der Waals surface area contributed by atoms with E-state index in [9.17, 15) is 13.9 Å². The van der Waals surface area contributed by atoms with E-state index in [4.69, 9.17) is 4.74 Å². The van der Waals surface area contributed by atoms with Gasteiger partial charge in [0.1, 0.15) is 11.6 Å². The molecule has 3 unspecified atom stereocenters. The molecule has 0 amide bonds. The van der Waals surface area contributed by atoms with Gasteiger partial charge in [0.2, 0.25) is 0 Å². The Bertz CT molecular complexity index is 389. The number of ether oxygens (including phenoxy) is 1. The maximum absolute atomic E-state index is 13.5. The van der Waals surface area contributed by atoms with E-state index >= 15 is 0 Å². The molecule has 2 rings (SSSR count). The number of halogens is 2.